The van der Waals surface area contributed by atoms with Gasteiger partial charge in [0.1, 0.15) is 17.4 Å². The van der Waals surface area contributed by atoms with Crippen molar-refractivity contribution in [2.75, 3.05) is 18.0 Å². The monoisotopic (exact) mass is 341 g/mol. The number of hydrogen-bond acceptors (Lipinski definition) is 4. The average Bonchev–Trinajstić information content (AvgIpc) is 3.11. The number of anilines is 1. The highest BCUT2D eigenvalue weighted by Gasteiger charge is 2.24. The number of piperidine rings is 1. The number of nitrogens with one attached hydrogen (secondary N) is 1. The van der Waals surface area contributed by atoms with Crippen molar-refractivity contribution >= 4 is 17.9 Å². The smallest absolute Gasteiger partial charge is 0.262 e. The summed E-state index contributed by atoms with van der Waals surface area (Å²) >= 11 is 0. The molecule has 2 fully saturated rings. The van der Waals surface area contributed by atoms with E-state index in [-0.39, 0.29) is 17.5 Å². The van der Waals surface area contributed by atoms with E-state index in [0.29, 0.717) is 11.7 Å². The van der Waals surface area contributed by atoms with E-state index >= 15 is 0 Å². The maximum Gasteiger partial charge on any atom is 0.262 e. The van der Waals surface area contributed by atoms with Gasteiger partial charge in [0.25, 0.3) is 5.91 Å². The van der Waals surface area contributed by atoms with E-state index in [1.165, 1.54) is 25.7 Å². The van der Waals surface area contributed by atoms with E-state index in [2.05, 4.69) is 17.1 Å². The third-order valence-corrected chi connectivity index (χ3v) is 5.36. The summed E-state index contributed by atoms with van der Waals surface area (Å²) in [5.41, 5.74) is 0.109. The van der Waals surface area contributed by atoms with Crippen molar-refractivity contribution < 1.29 is 9.21 Å². The molecule has 1 aliphatic carbocycles. The van der Waals surface area contributed by atoms with Gasteiger partial charge >= 0.3 is 0 Å². The molecule has 0 unspecified atom stereocenters. The van der Waals surface area contributed by atoms with Gasteiger partial charge in [0.2, 0.25) is 0 Å². The van der Waals surface area contributed by atoms with Gasteiger partial charge in [0.05, 0.1) is 0 Å². The Balaban J connectivity index is 1.66. The lowest BCUT2D eigenvalue weighted by Crippen LogP contribution is -2.41. The van der Waals surface area contributed by atoms with E-state index in [0.717, 1.165) is 38.2 Å². The van der Waals surface area contributed by atoms with E-state index in [9.17, 15) is 10.1 Å². The van der Waals surface area contributed by atoms with Gasteiger partial charge in [0, 0.05) is 31.3 Å². The maximum absolute atomic E-state index is 12.4. The first-order valence-electron chi connectivity index (χ1n) is 9.45. The molecule has 1 aromatic rings. The molecule has 0 bridgehead atoms. The molecule has 0 aromatic carbocycles. The first kappa shape index (κ1) is 17.6. The van der Waals surface area contributed by atoms with Gasteiger partial charge in [0.15, 0.2) is 5.88 Å². The van der Waals surface area contributed by atoms with Crippen molar-refractivity contribution in [3.63, 3.8) is 0 Å². The summed E-state index contributed by atoms with van der Waals surface area (Å²) in [6, 6.07) is 5.94. The van der Waals surface area contributed by atoms with Gasteiger partial charge in [-0.1, -0.05) is 19.8 Å². The Morgan fingerprint density at radius 1 is 1.24 bits per heavy atom. The zero-order valence-corrected chi connectivity index (χ0v) is 15.0. The van der Waals surface area contributed by atoms with Crippen LogP contribution >= 0.6 is 0 Å². The number of hydrogen-bond donors (Lipinski definition) is 1. The molecule has 2 aliphatic rings. The Bertz CT molecular complexity index is 665. The van der Waals surface area contributed by atoms with Gasteiger partial charge in [-0.25, -0.2) is 0 Å². The van der Waals surface area contributed by atoms with Gasteiger partial charge in [-0.3, -0.25) is 4.79 Å². The van der Waals surface area contributed by atoms with Gasteiger partial charge in [-0.2, -0.15) is 5.26 Å². The van der Waals surface area contributed by atoms with Crippen molar-refractivity contribution in [3.05, 3.63) is 23.5 Å². The van der Waals surface area contributed by atoms with Crippen LogP contribution in [0.5, 0.6) is 0 Å². The minimum atomic E-state index is -0.294. The van der Waals surface area contributed by atoms with Crippen molar-refractivity contribution in [3.8, 4) is 6.07 Å². The molecule has 134 valence electrons. The largest absolute Gasteiger partial charge is 0.441 e. The molecule has 1 N–H and O–H groups in total. The summed E-state index contributed by atoms with van der Waals surface area (Å²) in [5, 5.41) is 12.4. The number of amides is 1. The molecular formula is C20H27N3O2. The Labute approximate surface area is 149 Å². The molecule has 5 nitrogen and oxygen atoms in total. The topological polar surface area (TPSA) is 69.3 Å². The minimum Gasteiger partial charge on any atom is -0.441 e. The predicted molar refractivity (Wildman–Crippen MR) is 97.9 cm³/mol. The third kappa shape index (κ3) is 4.45. The first-order chi connectivity index (χ1) is 12.2. The lowest BCUT2D eigenvalue weighted by Gasteiger charge is -2.29. The first-order valence-corrected chi connectivity index (χ1v) is 9.45. The summed E-state index contributed by atoms with van der Waals surface area (Å²) in [6.07, 6.45) is 9.66. The van der Waals surface area contributed by atoms with E-state index < -0.39 is 0 Å². The average molecular weight is 341 g/mol. The zero-order valence-electron chi connectivity index (χ0n) is 15.0. The van der Waals surface area contributed by atoms with Crippen LogP contribution in [0.2, 0.25) is 0 Å². The Hall–Kier alpha value is -2.22. The normalized spacial score (nSPS) is 24.6. The second kappa shape index (κ2) is 8.24. The van der Waals surface area contributed by atoms with Crippen LogP contribution in [0, 0.1) is 17.2 Å². The number of nitriles is 1. The van der Waals surface area contributed by atoms with Crippen molar-refractivity contribution in [2.24, 2.45) is 5.92 Å². The van der Waals surface area contributed by atoms with Crippen molar-refractivity contribution in [1.82, 2.24) is 5.32 Å². The summed E-state index contributed by atoms with van der Waals surface area (Å²) in [6.45, 7) is 4.17. The molecule has 1 amide bonds. The summed E-state index contributed by atoms with van der Waals surface area (Å²) in [4.78, 5) is 14.7. The molecule has 1 aromatic heterocycles. The van der Waals surface area contributed by atoms with Crippen LogP contribution in [0.3, 0.4) is 0 Å². The lowest BCUT2D eigenvalue weighted by atomic mass is 9.86. The highest BCUT2D eigenvalue weighted by atomic mass is 16.4. The summed E-state index contributed by atoms with van der Waals surface area (Å²) < 4.78 is 5.84. The quantitative estimate of drug-likeness (QED) is 0.667. The van der Waals surface area contributed by atoms with Crippen molar-refractivity contribution in [2.45, 2.75) is 57.9 Å². The molecule has 1 aliphatic heterocycles. The Morgan fingerprint density at radius 2 is 2.00 bits per heavy atom. The Morgan fingerprint density at radius 3 is 2.72 bits per heavy atom. The van der Waals surface area contributed by atoms with Crippen LogP contribution in [-0.4, -0.2) is 25.0 Å². The SMILES string of the molecule is C[C@@H]1CCCC[C@@H]1NC(=O)/C(C#N)=C/c1ccc(N2CCCCC2)o1. The number of carbonyl (C=O) groups is 1. The number of nitrogens with zero attached hydrogens (tertiary/aromatic N) is 2. The highest BCUT2D eigenvalue weighted by molar-refractivity contribution is 6.01. The number of furan rings is 1. The van der Waals surface area contributed by atoms with E-state index in [4.69, 9.17) is 4.42 Å². The lowest BCUT2D eigenvalue weighted by molar-refractivity contribution is -0.118. The van der Waals surface area contributed by atoms with Crippen LogP contribution in [0.1, 0.15) is 57.6 Å². The summed E-state index contributed by atoms with van der Waals surface area (Å²) in [7, 11) is 0. The zero-order chi connectivity index (χ0) is 17.6. The Kier molecular flexibility index (Phi) is 5.80. The molecule has 1 saturated carbocycles. The molecule has 2 heterocycles. The van der Waals surface area contributed by atoms with Crippen LogP contribution in [0.4, 0.5) is 5.88 Å². The molecular weight excluding hydrogens is 314 g/mol. The van der Waals surface area contributed by atoms with Crippen LogP contribution < -0.4 is 10.2 Å². The number of carbonyl (C=O) groups excluding carboxylic acids is 1. The molecule has 2 atom stereocenters. The minimum absolute atomic E-state index is 0.109. The van der Waals surface area contributed by atoms with Gasteiger partial charge in [-0.15, -0.1) is 0 Å². The number of rotatable bonds is 4. The second-order valence-corrected chi connectivity index (χ2v) is 7.24. The summed E-state index contributed by atoms with van der Waals surface area (Å²) in [5.74, 6) is 1.55. The molecule has 0 spiro atoms. The molecule has 0 radical (unpaired) electrons. The van der Waals surface area contributed by atoms with Crippen LogP contribution in [0.25, 0.3) is 6.08 Å². The molecule has 5 heteroatoms. The van der Waals surface area contributed by atoms with Crippen LogP contribution in [-0.2, 0) is 4.79 Å². The van der Waals surface area contributed by atoms with Crippen LogP contribution in [0.15, 0.2) is 22.1 Å². The molecule has 3 rings (SSSR count). The fourth-order valence-corrected chi connectivity index (χ4v) is 3.77. The third-order valence-electron chi connectivity index (χ3n) is 5.36. The van der Waals surface area contributed by atoms with Gasteiger partial charge in [-0.05, 0) is 44.1 Å². The molecule has 25 heavy (non-hydrogen) atoms. The highest BCUT2D eigenvalue weighted by Crippen LogP contribution is 2.25. The van der Waals surface area contributed by atoms with E-state index in [1.54, 1.807) is 6.08 Å². The standard InChI is InChI=1S/C20H27N3O2/c1-15-7-3-4-8-18(15)22-20(24)16(14-21)13-17-9-10-19(25-17)23-11-5-2-6-12-23/h9-10,13,15,18H,2-8,11-12H2,1H3,(H,22,24)/b16-13+/t15-,18+/m1/s1. The predicted octanol–water partition coefficient (Wildman–Crippen LogP) is 3.87. The second-order valence-electron chi connectivity index (χ2n) is 7.24. The molecule has 1 saturated heterocycles. The van der Waals surface area contributed by atoms with E-state index in [1.807, 2.05) is 18.2 Å². The fraction of sp³-hybridized carbons (Fsp3) is 0.600. The fourth-order valence-electron chi connectivity index (χ4n) is 3.77. The van der Waals surface area contributed by atoms with Crippen molar-refractivity contribution in [1.29, 1.82) is 5.26 Å². The van der Waals surface area contributed by atoms with Gasteiger partial charge < -0.3 is 14.6 Å². The maximum atomic E-state index is 12.4.